The summed E-state index contributed by atoms with van der Waals surface area (Å²) in [5.41, 5.74) is 0.632. The molecule has 32 heavy (non-hydrogen) atoms. The van der Waals surface area contributed by atoms with Crippen molar-refractivity contribution in [3.05, 3.63) is 29.8 Å². The van der Waals surface area contributed by atoms with Crippen molar-refractivity contribution < 1.29 is 23.9 Å². The Bertz CT molecular complexity index is 919. The molecule has 1 spiro atoms. The van der Waals surface area contributed by atoms with Gasteiger partial charge >= 0.3 is 5.97 Å². The predicted molar refractivity (Wildman–Crippen MR) is 117 cm³/mol. The number of ether oxygens (including phenoxy) is 1. The third-order valence-electron chi connectivity index (χ3n) is 6.55. The van der Waals surface area contributed by atoms with Crippen LogP contribution in [0.2, 0.25) is 0 Å². The molecule has 9 heteroatoms. The van der Waals surface area contributed by atoms with E-state index in [0.717, 1.165) is 12.1 Å². The molecule has 3 aliphatic rings. The van der Waals surface area contributed by atoms with Crippen molar-refractivity contribution in [3.8, 4) is 0 Å². The van der Waals surface area contributed by atoms with Gasteiger partial charge in [0.25, 0.3) is 5.91 Å². The fourth-order valence-corrected chi connectivity index (χ4v) is 4.75. The number of piperidine rings is 1. The van der Waals surface area contributed by atoms with Gasteiger partial charge in [0, 0.05) is 38.2 Å². The minimum atomic E-state index is -0.709. The number of esters is 1. The first-order valence-electron chi connectivity index (χ1n) is 11.3. The Hall–Kier alpha value is -3.10. The van der Waals surface area contributed by atoms with Gasteiger partial charge in [0.1, 0.15) is 5.66 Å². The summed E-state index contributed by atoms with van der Waals surface area (Å²) in [6.07, 6.45) is 2.62. The molecular formula is C23H30N4O5. The van der Waals surface area contributed by atoms with E-state index in [1.165, 1.54) is 0 Å². The highest BCUT2D eigenvalue weighted by Crippen LogP contribution is 2.31. The SMILES string of the molecule is CCOC(=O)C1CCCN(C(=O)CN2CCC3(CCC2=O)NC(=O)c2ccccc2N3)C1. The van der Waals surface area contributed by atoms with Crippen LogP contribution >= 0.6 is 0 Å². The van der Waals surface area contributed by atoms with Crippen molar-refractivity contribution in [3.63, 3.8) is 0 Å². The van der Waals surface area contributed by atoms with Crippen LogP contribution in [0.4, 0.5) is 5.69 Å². The van der Waals surface area contributed by atoms with Crippen LogP contribution in [0.1, 0.15) is 49.4 Å². The van der Waals surface area contributed by atoms with E-state index in [-0.39, 0.29) is 42.6 Å². The number of carbonyl (C=O) groups excluding carboxylic acids is 4. The lowest BCUT2D eigenvalue weighted by Crippen LogP contribution is -2.58. The molecule has 0 saturated carbocycles. The van der Waals surface area contributed by atoms with Crippen molar-refractivity contribution in [2.24, 2.45) is 5.92 Å². The zero-order valence-corrected chi connectivity index (χ0v) is 18.4. The molecule has 2 N–H and O–H groups in total. The van der Waals surface area contributed by atoms with Crippen molar-refractivity contribution in [1.82, 2.24) is 15.1 Å². The number of amides is 3. The van der Waals surface area contributed by atoms with Crippen LogP contribution < -0.4 is 10.6 Å². The van der Waals surface area contributed by atoms with Gasteiger partial charge in [-0.1, -0.05) is 12.1 Å². The Labute approximate surface area is 187 Å². The third-order valence-corrected chi connectivity index (χ3v) is 6.55. The molecule has 172 valence electrons. The second-order valence-electron chi connectivity index (χ2n) is 8.70. The molecule has 3 amide bonds. The Morgan fingerprint density at radius 1 is 1.16 bits per heavy atom. The molecule has 0 bridgehead atoms. The fourth-order valence-electron chi connectivity index (χ4n) is 4.75. The highest BCUT2D eigenvalue weighted by molar-refractivity contribution is 6.02. The zero-order valence-electron chi connectivity index (χ0n) is 18.4. The van der Waals surface area contributed by atoms with E-state index in [1.54, 1.807) is 22.8 Å². The van der Waals surface area contributed by atoms with Gasteiger partial charge in [-0.25, -0.2) is 0 Å². The molecule has 0 aromatic heterocycles. The molecule has 4 rings (SSSR count). The van der Waals surface area contributed by atoms with Crippen LogP contribution in [-0.4, -0.2) is 71.9 Å². The van der Waals surface area contributed by atoms with Gasteiger partial charge in [-0.2, -0.15) is 0 Å². The van der Waals surface area contributed by atoms with Crippen molar-refractivity contribution >= 4 is 29.4 Å². The smallest absolute Gasteiger partial charge is 0.310 e. The number of nitrogens with zero attached hydrogens (tertiary/aromatic N) is 2. The lowest BCUT2D eigenvalue weighted by molar-refractivity contribution is -0.152. The molecule has 2 saturated heterocycles. The molecule has 0 aliphatic carbocycles. The second-order valence-corrected chi connectivity index (χ2v) is 8.70. The van der Waals surface area contributed by atoms with E-state index in [1.807, 2.05) is 18.2 Å². The number of benzene rings is 1. The summed E-state index contributed by atoms with van der Waals surface area (Å²) in [4.78, 5) is 53.6. The van der Waals surface area contributed by atoms with Gasteiger partial charge in [0.15, 0.2) is 0 Å². The molecule has 9 nitrogen and oxygen atoms in total. The van der Waals surface area contributed by atoms with E-state index in [9.17, 15) is 19.2 Å². The van der Waals surface area contributed by atoms with Gasteiger partial charge in [0.05, 0.1) is 24.6 Å². The van der Waals surface area contributed by atoms with Crippen molar-refractivity contribution in [2.75, 3.05) is 38.1 Å². The molecule has 2 atom stereocenters. The highest BCUT2D eigenvalue weighted by Gasteiger charge is 2.41. The average Bonchev–Trinajstić information content (AvgIpc) is 2.93. The topological polar surface area (TPSA) is 108 Å². The minimum Gasteiger partial charge on any atom is -0.466 e. The van der Waals surface area contributed by atoms with Gasteiger partial charge in [-0.05, 0) is 38.3 Å². The Balaban J connectivity index is 1.39. The fraction of sp³-hybridized carbons (Fsp3) is 0.565. The van der Waals surface area contributed by atoms with Crippen LogP contribution in [0.5, 0.6) is 0 Å². The van der Waals surface area contributed by atoms with Gasteiger partial charge < -0.3 is 25.2 Å². The number of rotatable bonds is 4. The maximum Gasteiger partial charge on any atom is 0.310 e. The summed E-state index contributed by atoms with van der Waals surface area (Å²) < 4.78 is 5.11. The lowest BCUT2D eigenvalue weighted by Gasteiger charge is -2.40. The van der Waals surface area contributed by atoms with E-state index in [2.05, 4.69) is 10.6 Å². The summed E-state index contributed by atoms with van der Waals surface area (Å²) in [7, 11) is 0. The molecule has 1 aromatic rings. The predicted octanol–water partition coefficient (Wildman–Crippen LogP) is 1.35. The number of nitrogens with one attached hydrogen (secondary N) is 2. The summed E-state index contributed by atoms with van der Waals surface area (Å²) >= 11 is 0. The first kappa shape index (κ1) is 22.1. The summed E-state index contributed by atoms with van der Waals surface area (Å²) in [5.74, 6) is -0.998. The maximum absolute atomic E-state index is 12.9. The molecule has 2 unspecified atom stereocenters. The van der Waals surface area contributed by atoms with Crippen LogP contribution in [0, 0.1) is 5.92 Å². The molecule has 3 aliphatic heterocycles. The van der Waals surface area contributed by atoms with Crippen molar-refractivity contribution in [1.29, 1.82) is 0 Å². The molecular weight excluding hydrogens is 412 g/mol. The van der Waals surface area contributed by atoms with E-state index in [0.29, 0.717) is 51.1 Å². The van der Waals surface area contributed by atoms with Gasteiger partial charge in [-0.15, -0.1) is 0 Å². The monoisotopic (exact) mass is 442 g/mol. The normalized spacial score (nSPS) is 25.5. The average molecular weight is 443 g/mol. The lowest BCUT2D eigenvalue weighted by atomic mass is 9.95. The Kier molecular flexibility index (Phi) is 6.34. The van der Waals surface area contributed by atoms with Crippen LogP contribution in [0.25, 0.3) is 0 Å². The largest absolute Gasteiger partial charge is 0.466 e. The second kappa shape index (κ2) is 9.18. The Morgan fingerprint density at radius 3 is 2.78 bits per heavy atom. The number of fused-ring (bicyclic) bond motifs is 1. The first-order valence-corrected chi connectivity index (χ1v) is 11.3. The summed E-state index contributed by atoms with van der Waals surface area (Å²) in [6.45, 7) is 3.34. The standard InChI is InChI=1S/C23H30N4O5/c1-2-32-22(31)16-6-5-12-26(14-16)20(29)15-27-13-11-23(10-9-19(27)28)24-18-8-4-3-7-17(18)21(30)25-23/h3-4,7-8,16,24H,2,5-6,9-15H2,1H3,(H,25,30). The first-order chi connectivity index (χ1) is 15.4. The van der Waals surface area contributed by atoms with Crippen LogP contribution in [0.3, 0.4) is 0 Å². The number of para-hydroxylation sites is 1. The van der Waals surface area contributed by atoms with Crippen LogP contribution in [-0.2, 0) is 19.1 Å². The number of carbonyl (C=O) groups is 4. The molecule has 3 heterocycles. The molecule has 1 aromatic carbocycles. The van der Waals surface area contributed by atoms with Gasteiger partial charge in [-0.3, -0.25) is 19.2 Å². The molecule has 0 radical (unpaired) electrons. The number of anilines is 1. The summed E-state index contributed by atoms with van der Waals surface area (Å²) in [6, 6.07) is 7.31. The third kappa shape index (κ3) is 4.56. The van der Waals surface area contributed by atoms with Crippen molar-refractivity contribution in [2.45, 2.75) is 44.7 Å². The molecule has 2 fully saturated rings. The number of hydrogen-bond donors (Lipinski definition) is 2. The zero-order chi connectivity index (χ0) is 22.7. The van der Waals surface area contributed by atoms with E-state index >= 15 is 0 Å². The Morgan fingerprint density at radius 2 is 1.97 bits per heavy atom. The maximum atomic E-state index is 12.9. The minimum absolute atomic E-state index is 0.0189. The van der Waals surface area contributed by atoms with Gasteiger partial charge in [0.2, 0.25) is 11.8 Å². The quantitative estimate of drug-likeness (QED) is 0.682. The summed E-state index contributed by atoms with van der Waals surface area (Å²) in [5, 5.41) is 6.45. The number of hydrogen-bond acceptors (Lipinski definition) is 6. The number of likely N-dealkylation sites (tertiary alicyclic amines) is 2. The van der Waals surface area contributed by atoms with E-state index in [4.69, 9.17) is 4.74 Å². The highest BCUT2D eigenvalue weighted by atomic mass is 16.5. The van der Waals surface area contributed by atoms with E-state index < -0.39 is 5.66 Å². The van der Waals surface area contributed by atoms with Crippen LogP contribution in [0.15, 0.2) is 24.3 Å².